The SMILES string of the molecule is CC(C)OCCNS(=O)(=O)N1CCCCC1CO. The molecule has 0 radical (unpaired) electrons. The monoisotopic (exact) mass is 280 g/mol. The molecule has 0 spiro atoms. The number of hydrogen-bond donors (Lipinski definition) is 2. The van der Waals surface area contributed by atoms with Gasteiger partial charge in [-0.2, -0.15) is 17.4 Å². The summed E-state index contributed by atoms with van der Waals surface area (Å²) in [4.78, 5) is 0. The van der Waals surface area contributed by atoms with Crippen molar-refractivity contribution in [3.8, 4) is 0 Å². The number of rotatable bonds is 7. The maximum absolute atomic E-state index is 12.0. The maximum atomic E-state index is 12.0. The largest absolute Gasteiger partial charge is 0.395 e. The molecule has 0 bridgehead atoms. The summed E-state index contributed by atoms with van der Waals surface area (Å²) < 4.78 is 33.3. The summed E-state index contributed by atoms with van der Waals surface area (Å²) in [5.41, 5.74) is 0. The van der Waals surface area contributed by atoms with Gasteiger partial charge in [0.15, 0.2) is 0 Å². The second-order valence-electron chi connectivity index (χ2n) is 4.76. The maximum Gasteiger partial charge on any atom is 0.279 e. The summed E-state index contributed by atoms with van der Waals surface area (Å²) in [6.45, 7) is 4.78. The first kappa shape index (κ1) is 15.8. The molecule has 0 aromatic rings. The zero-order valence-electron chi connectivity index (χ0n) is 11.1. The van der Waals surface area contributed by atoms with Gasteiger partial charge in [0.25, 0.3) is 10.2 Å². The minimum Gasteiger partial charge on any atom is -0.395 e. The molecule has 1 heterocycles. The Morgan fingerprint density at radius 3 is 2.78 bits per heavy atom. The van der Waals surface area contributed by atoms with Crippen molar-refractivity contribution in [3.63, 3.8) is 0 Å². The number of hydrogen-bond acceptors (Lipinski definition) is 4. The van der Waals surface area contributed by atoms with Gasteiger partial charge in [0, 0.05) is 19.1 Å². The van der Waals surface area contributed by atoms with Crippen molar-refractivity contribution in [2.45, 2.75) is 45.3 Å². The van der Waals surface area contributed by atoms with E-state index < -0.39 is 10.2 Å². The lowest BCUT2D eigenvalue weighted by Crippen LogP contribution is -2.50. The fourth-order valence-corrected chi connectivity index (χ4v) is 3.46. The Morgan fingerprint density at radius 2 is 2.17 bits per heavy atom. The van der Waals surface area contributed by atoms with Gasteiger partial charge in [0.2, 0.25) is 0 Å². The lowest BCUT2D eigenvalue weighted by molar-refractivity contribution is 0.0828. The Balaban J connectivity index is 2.46. The molecule has 1 atom stereocenters. The average molecular weight is 280 g/mol. The van der Waals surface area contributed by atoms with Crippen molar-refractivity contribution in [3.05, 3.63) is 0 Å². The molecule has 0 amide bonds. The summed E-state index contributed by atoms with van der Waals surface area (Å²) in [5, 5.41) is 9.21. The molecule has 0 saturated carbocycles. The summed E-state index contributed by atoms with van der Waals surface area (Å²) in [6.07, 6.45) is 2.63. The van der Waals surface area contributed by atoms with Crippen LogP contribution in [-0.2, 0) is 14.9 Å². The quantitative estimate of drug-likeness (QED) is 0.648. The Labute approximate surface area is 109 Å². The molecule has 1 rings (SSSR count). The molecule has 7 heteroatoms. The van der Waals surface area contributed by atoms with E-state index in [4.69, 9.17) is 4.74 Å². The molecule has 108 valence electrons. The Hall–Kier alpha value is -0.210. The number of aliphatic hydroxyl groups excluding tert-OH is 1. The van der Waals surface area contributed by atoms with Crippen molar-refractivity contribution in [2.24, 2.45) is 0 Å². The molecule has 0 aliphatic carbocycles. The first-order chi connectivity index (χ1) is 8.47. The summed E-state index contributed by atoms with van der Waals surface area (Å²) >= 11 is 0. The highest BCUT2D eigenvalue weighted by Gasteiger charge is 2.31. The predicted molar refractivity (Wildman–Crippen MR) is 69.4 cm³/mol. The van der Waals surface area contributed by atoms with Crippen LogP contribution in [0.2, 0.25) is 0 Å². The van der Waals surface area contributed by atoms with Crippen molar-refractivity contribution < 1.29 is 18.3 Å². The van der Waals surface area contributed by atoms with Gasteiger partial charge in [-0.3, -0.25) is 0 Å². The highest BCUT2D eigenvalue weighted by molar-refractivity contribution is 7.87. The molecule has 1 aliphatic rings. The van der Waals surface area contributed by atoms with E-state index in [1.54, 1.807) is 0 Å². The Kier molecular flexibility index (Phi) is 6.51. The normalized spacial score (nSPS) is 22.6. The molecule has 0 aromatic carbocycles. The molecule has 6 nitrogen and oxygen atoms in total. The Bertz CT molecular complexity index is 332. The standard InChI is InChI=1S/C11H24N2O4S/c1-10(2)17-8-6-12-18(15,16)13-7-4-3-5-11(13)9-14/h10-12,14H,3-9H2,1-2H3. The third-order valence-corrected chi connectivity index (χ3v) is 4.60. The summed E-state index contributed by atoms with van der Waals surface area (Å²) in [7, 11) is -3.50. The number of ether oxygens (including phenoxy) is 1. The van der Waals surface area contributed by atoms with Crippen molar-refractivity contribution in [1.29, 1.82) is 0 Å². The van der Waals surface area contributed by atoms with Crippen LogP contribution in [0.1, 0.15) is 33.1 Å². The topological polar surface area (TPSA) is 78.9 Å². The Morgan fingerprint density at radius 1 is 1.44 bits per heavy atom. The fraction of sp³-hybridized carbons (Fsp3) is 1.00. The van der Waals surface area contributed by atoms with Gasteiger partial charge in [-0.05, 0) is 26.7 Å². The van der Waals surface area contributed by atoms with E-state index in [0.717, 1.165) is 19.3 Å². The molecule has 1 fully saturated rings. The number of nitrogens with one attached hydrogen (secondary N) is 1. The van der Waals surface area contributed by atoms with Gasteiger partial charge in [-0.25, -0.2) is 0 Å². The molecule has 0 aromatic heterocycles. The molecule has 1 aliphatic heterocycles. The molecule has 18 heavy (non-hydrogen) atoms. The van der Waals surface area contributed by atoms with E-state index in [1.165, 1.54) is 4.31 Å². The predicted octanol–water partition coefficient (Wildman–Crippen LogP) is 0.0926. The molecular formula is C11H24N2O4S. The van der Waals surface area contributed by atoms with E-state index in [1.807, 2.05) is 13.8 Å². The van der Waals surface area contributed by atoms with Crippen LogP contribution < -0.4 is 4.72 Å². The van der Waals surface area contributed by atoms with Crippen LogP contribution in [0, 0.1) is 0 Å². The first-order valence-electron chi connectivity index (χ1n) is 6.46. The van der Waals surface area contributed by atoms with E-state index in [-0.39, 0.29) is 25.3 Å². The highest BCUT2D eigenvalue weighted by atomic mass is 32.2. The molecule has 1 saturated heterocycles. The summed E-state index contributed by atoms with van der Waals surface area (Å²) in [6, 6.07) is -0.290. The number of piperidine rings is 1. The van der Waals surface area contributed by atoms with Crippen LogP contribution in [0.15, 0.2) is 0 Å². The van der Waals surface area contributed by atoms with E-state index >= 15 is 0 Å². The summed E-state index contributed by atoms with van der Waals surface area (Å²) in [5.74, 6) is 0. The van der Waals surface area contributed by atoms with E-state index in [9.17, 15) is 13.5 Å². The zero-order chi connectivity index (χ0) is 13.6. The molecule has 2 N–H and O–H groups in total. The smallest absolute Gasteiger partial charge is 0.279 e. The van der Waals surface area contributed by atoms with Gasteiger partial charge < -0.3 is 9.84 Å². The number of nitrogens with zero attached hydrogens (tertiary/aromatic N) is 1. The van der Waals surface area contributed by atoms with Gasteiger partial charge in [-0.15, -0.1) is 0 Å². The van der Waals surface area contributed by atoms with Crippen LogP contribution >= 0.6 is 0 Å². The third-order valence-electron chi connectivity index (χ3n) is 2.93. The van der Waals surface area contributed by atoms with E-state index in [2.05, 4.69) is 4.72 Å². The van der Waals surface area contributed by atoms with Crippen molar-refractivity contribution >= 4 is 10.2 Å². The van der Waals surface area contributed by atoms with Crippen LogP contribution in [0.25, 0.3) is 0 Å². The fourth-order valence-electron chi connectivity index (χ4n) is 2.02. The van der Waals surface area contributed by atoms with E-state index in [0.29, 0.717) is 13.2 Å². The molecule has 1 unspecified atom stereocenters. The van der Waals surface area contributed by atoms with Crippen molar-refractivity contribution in [1.82, 2.24) is 9.03 Å². The average Bonchev–Trinajstić information content (AvgIpc) is 2.34. The van der Waals surface area contributed by atoms with Crippen LogP contribution in [0.4, 0.5) is 0 Å². The van der Waals surface area contributed by atoms with Gasteiger partial charge in [-0.1, -0.05) is 6.42 Å². The minimum atomic E-state index is -3.50. The van der Waals surface area contributed by atoms with Crippen LogP contribution in [0.3, 0.4) is 0 Å². The van der Waals surface area contributed by atoms with Crippen LogP contribution in [0.5, 0.6) is 0 Å². The van der Waals surface area contributed by atoms with Gasteiger partial charge in [0.05, 0.1) is 19.3 Å². The second kappa shape index (κ2) is 7.40. The lowest BCUT2D eigenvalue weighted by atomic mass is 10.1. The third kappa shape index (κ3) is 4.81. The lowest BCUT2D eigenvalue weighted by Gasteiger charge is -2.33. The second-order valence-corrected chi connectivity index (χ2v) is 6.47. The zero-order valence-corrected chi connectivity index (χ0v) is 11.9. The molecular weight excluding hydrogens is 256 g/mol. The highest BCUT2D eigenvalue weighted by Crippen LogP contribution is 2.19. The van der Waals surface area contributed by atoms with Crippen LogP contribution in [-0.4, -0.2) is 56.3 Å². The number of aliphatic hydroxyl groups is 1. The van der Waals surface area contributed by atoms with Gasteiger partial charge >= 0.3 is 0 Å². The minimum absolute atomic E-state index is 0.0923. The van der Waals surface area contributed by atoms with Crippen molar-refractivity contribution in [2.75, 3.05) is 26.3 Å². The first-order valence-corrected chi connectivity index (χ1v) is 7.90. The van der Waals surface area contributed by atoms with Gasteiger partial charge in [0.1, 0.15) is 0 Å².